The number of aliphatic hydroxyl groups is 4. The lowest BCUT2D eigenvalue weighted by Gasteiger charge is -2.49. The van der Waals surface area contributed by atoms with E-state index in [4.69, 9.17) is 33.2 Å². The van der Waals surface area contributed by atoms with Crippen LogP contribution in [0.3, 0.4) is 0 Å². The number of rotatable bonds is 9. The van der Waals surface area contributed by atoms with Crippen LogP contribution < -0.4 is 0 Å². The van der Waals surface area contributed by atoms with Crippen LogP contribution in [-0.4, -0.2) is 149 Å². The lowest BCUT2D eigenvalue weighted by molar-refractivity contribution is -0.319. The summed E-state index contributed by atoms with van der Waals surface area (Å²) in [5, 5.41) is 46.6. The molecular formula is C40H71NO14. The molecule has 15 heteroatoms. The monoisotopic (exact) mass is 789 g/mol. The largest absolute Gasteiger partial charge is 0.459 e. The van der Waals surface area contributed by atoms with Crippen LogP contribution in [0, 0.1) is 23.7 Å². The Hall–Kier alpha value is -1.79. The van der Waals surface area contributed by atoms with Gasteiger partial charge in [-0.25, -0.2) is 0 Å². The minimum atomic E-state index is -2.01. The van der Waals surface area contributed by atoms with Gasteiger partial charge in [-0.3, -0.25) is 14.4 Å². The molecule has 0 spiro atoms. The van der Waals surface area contributed by atoms with Gasteiger partial charge in [0.15, 0.2) is 18.7 Å². The van der Waals surface area contributed by atoms with E-state index in [1.54, 1.807) is 48.5 Å². The standard InChI is InChI=1S/C40H71NO14/c1-15-27-40(11,48)33(44)22(5)30(43)20(3)18-38(9,47)35(55-37-32(53-28(42)16-2)26(41(12)13)17-21(4)50-37)23(6)31(24(7)36(46)52-27)54-29-19-39(10,49-14)34(45)25(8)51-29/h20-27,29,31-35,37,44-45,47-48H,15-19H2,1-14H3/t20-,21-,22+,23+,24-,25+,26-,27-,29+,31+,32-,33-,34+,35-,37+,38-,39-,40-/m1/s1. The van der Waals surface area contributed by atoms with Gasteiger partial charge in [-0.1, -0.05) is 34.6 Å². The number of methoxy groups -OCH3 is 1. The van der Waals surface area contributed by atoms with Crippen molar-refractivity contribution in [3.63, 3.8) is 0 Å². The normalized spacial score (nSPS) is 46.9. The number of esters is 2. The minimum Gasteiger partial charge on any atom is -0.459 e. The van der Waals surface area contributed by atoms with E-state index in [2.05, 4.69) is 0 Å². The van der Waals surface area contributed by atoms with Gasteiger partial charge in [-0.05, 0) is 74.9 Å². The SMILES string of the molecule is CCC(=O)O[C@H]1[C@H](O[C@@H]2[C@@H](C)[C@H](O[C@H]3C[C@@](C)(OC)[C@@H](O)[C@H](C)O3)[C@@H](C)C(=O)O[C@H](CC)[C@@](C)(O)[C@H](O)[C@@H](C)C(=O)[C@H](C)C[C@@]2(C)O)O[C@H](C)C[C@H]1N(C)C. The Kier molecular flexibility index (Phi) is 16.3. The molecule has 3 rings (SSSR count). The fourth-order valence-corrected chi connectivity index (χ4v) is 8.76. The number of likely N-dealkylation sites (N-methyl/N-ethyl adjacent to an activating group) is 1. The molecular weight excluding hydrogens is 718 g/mol. The third-order valence-electron chi connectivity index (χ3n) is 12.4. The van der Waals surface area contributed by atoms with Crippen molar-refractivity contribution in [2.24, 2.45) is 23.7 Å². The van der Waals surface area contributed by atoms with Crippen molar-refractivity contribution in [1.29, 1.82) is 0 Å². The Morgan fingerprint density at radius 2 is 1.51 bits per heavy atom. The maximum Gasteiger partial charge on any atom is 0.311 e. The first-order valence-electron chi connectivity index (χ1n) is 19.9. The fraction of sp³-hybridized carbons (Fsp3) is 0.925. The number of cyclic esters (lactones) is 1. The van der Waals surface area contributed by atoms with Crippen molar-refractivity contribution in [3.8, 4) is 0 Å². The maximum absolute atomic E-state index is 14.2. The summed E-state index contributed by atoms with van der Waals surface area (Å²) in [7, 11) is 5.21. The van der Waals surface area contributed by atoms with Crippen LogP contribution >= 0.6 is 0 Å². The molecule has 4 N–H and O–H groups in total. The molecule has 3 fully saturated rings. The van der Waals surface area contributed by atoms with E-state index in [0.717, 1.165) is 0 Å². The van der Waals surface area contributed by atoms with Crippen molar-refractivity contribution >= 4 is 17.7 Å². The number of hydrogen-bond donors (Lipinski definition) is 4. The Labute approximate surface area is 327 Å². The van der Waals surface area contributed by atoms with E-state index in [0.29, 0.717) is 6.42 Å². The average molecular weight is 790 g/mol. The second-order valence-corrected chi connectivity index (χ2v) is 17.3. The summed E-state index contributed by atoms with van der Waals surface area (Å²) in [5.74, 6) is -5.59. The van der Waals surface area contributed by atoms with Crippen LogP contribution in [0.1, 0.15) is 108 Å². The van der Waals surface area contributed by atoms with Crippen molar-refractivity contribution in [3.05, 3.63) is 0 Å². The number of carbonyl (C=O) groups is 3. The zero-order valence-electron chi connectivity index (χ0n) is 35.5. The van der Waals surface area contributed by atoms with Gasteiger partial charge in [0.25, 0.3) is 0 Å². The van der Waals surface area contributed by atoms with E-state index in [9.17, 15) is 34.8 Å². The van der Waals surface area contributed by atoms with Crippen molar-refractivity contribution < 1.29 is 68.0 Å². The number of ketones is 1. The highest BCUT2D eigenvalue weighted by Crippen LogP contribution is 2.41. The first kappa shape index (κ1) is 47.6. The second-order valence-electron chi connectivity index (χ2n) is 17.3. The first-order valence-corrected chi connectivity index (χ1v) is 19.9. The number of ether oxygens (including phenoxy) is 7. The molecule has 0 saturated carbocycles. The smallest absolute Gasteiger partial charge is 0.311 e. The zero-order valence-corrected chi connectivity index (χ0v) is 35.5. The van der Waals surface area contributed by atoms with Gasteiger partial charge < -0.3 is 58.5 Å². The topological polar surface area (TPSA) is 200 Å². The van der Waals surface area contributed by atoms with Crippen molar-refractivity contribution in [2.75, 3.05) is 21.2 Å². The predicted octanol–water partition coefficient (Wildman–Crippen LogP) is 2.75. The summed E-state index contributed by atoms with van der Waals surface area (Å²) < 4.78 is 43.6. The molecule has 0 radical (unpaired) electrons. The Bertz CT molecular complexity index is 1290. The Morgan fingerprint density at radius 1 is 0.891 bits per heavy atom. The van der Waals surface area contributed by atoms with Gasteiger partial charge in [0.2, 0.25) is 0 Å². The average Bonchev–Trinajstić information content (AvgIpc) is 3.11. The van der Waals surface area contributed by atoms with E-state index in [1.807, 2.05) is 25.9 Å². The lowest BCUT2D eigenvalue weighted by atomic mass is 9.74. The zero-order chi connectivity index (χ0) is 42.0. The molecule has 0 aromatic carbocycles. The maximum atomic E-state index is 14.2. The highest BCUT2D eigenvalue weighted by molar-refractivity contribution is 5.83. The van der Waals surface area contributed by atoms with Crippen molar-refractivity contribution in [2.45, 2.75) is 193 Å². The Morgan fingerprint density at radius 3 is 2.05 bits per heavy atom. The summed E-state index contributed by atoms with van der Waals surface area (Å²) in [6.45, 7) is 18.0. The number of Topliss-reactive ketones (excluding diaryl/α,β-unsaturated/α-hetero) is 1. The molecule has 18 atom stereocenters. The molecule has 0 unspecified atom stereocenters. The summed E-state index contributed by atoms with van der Waals surface area (Å²) in [5.41, 5.74) is -4.92. The summed E-state index contributed by atoms with van der Waals surface area (Å²) in [6, 6.07) is -0.319. The molecule has 3 saturated heterocycles. The fourth-order valence-electron chi connectivity index (χ4n) is 8.76. The lowest BCUT2D eigenvalue weighted by Crippen LogP contribution is -2.61. The number of aliphatic hydroxyl groups excluding tert-OH is 2. The minimum absolute atomic E-state index is 0.0760. The molecule has 55 heavy (non-hydrogen) atoms. The van der Waals surface area contributed by atoms with Crippen LogP contribution in [0.5, 0.6) is 0 Å². The highest BCUT2D eigenvalue weighted by atomic mass is 16.7. The molecule has 3 heterocycles. The van der Waals surface area contributed by atoms with E-state index in [-0.39, 0.29) is 37.8 Å². The number of hydrogen-bond acceptors (Lipinski definition) is 15. The summed E-state index contributed by atoms with van der Waals surface area (Å²) >= 11 is 0. The number of carbonyl (C=O) groups excluding carboxylic acids is 3. The van der Waals surface area contributed by atoms with Crippen molar-refractivity contribution in [1.82, 2.24) is 4.90 Å². The van der Waals surface area contributed by atoms with E-state index in [1.165, 1.54) is 27.9 Å². The highest BCUT2D eigenvalue weighted by Gasteiger charge is 2.54. The van der Waals surface area contributed by atoms with Crippen LogP contribution in [0.4, 0.5) is 0 Å². The quantitative estimate of drug-likeness (QED) is 0.249. The Balaban J connectivity index is 2.24. The van der Waals surface area contributed by atoms with Crippen LogP contribution in [0.2, 0.25) is 0 Å². The van der Waals surface area contributed by atoms with Gasteiger partial charge in [-0.2, -0.15) is 0 Å². The van der Waals surface area contributed by atoms with Gasteiger partial charge in [0.05, 0.1) is 53.7 Å². The van der Waals surface area contributed by atoms with Gasteiger partial charge in [0, 0.05) is 37.7 Å². The third-order valence-corrected chi connectivity index (χ3v) is 12.4. The predicted molar refractivity (Wildman–Crippen MR) is 200 cm³/mol. The van der Waals surface area contributed by atoms with Gasteiger partial charge in [-0.15, -0.1) is 0 Å². The molecule has 0 bridgehead atoms. The second kappa shape index (κ2) is 18.9. The molecule has 3 aliphatic rings. The molecule has 320 valence electrons. The molecule has 0 aromatic rings. The molecule has 0 aliphatic carbocycles. The summed E-state index contributed by atoms with van der Waals surface area (Å²) in [6.07, 6.45) is -9.68. The molecule has 3 aliphatic heterocycles. The first-order chi connectivity index (χ1) is 25.4. The van der Waals surface area contributed by atoms with E-state index >= 15 is 0 Å². The molecule has 0 aromatic heterocycles. The van der Waals surface area contributed by atoms with Gasteiger partial charge in [0.1, 0.15) is 23.6 Å². The van der Waals surface area contributed by atoms with Crippen LogP contribution in [0.15, 0.2) is 0 Å². The summed E-state index contributed by atoms with van der Waals surface area (Å²) in [4.78, 5) is 42.9. The number of nitrogens with zero attached hydrogens (tertiary/aromatic N) is 1. The molecule has 0 amide bonds. The van der Waals surface area contributed by atoms with E-state index < -0.39 is 114 Å². The van der Waals surface area contributed by atoms with Crippen LogP contribution in [-0.2, 0) is 47.5 Å². The third kappa shape index (κ3) is 10.6. The van der Waals surface area contributed by atoms with Gasteiger partial charge >= 0.3 is 11.9 Å². The molecule has 15 nitrogen and oxygen atoms in total. The van der Waals surface area contributed by atoms with Crippen LogP contribution in [0.25, 0.3) is 0 Å².